The van der Waals surface area contributed by atoms with Crippen LogP contribution in [0.2, 0.25) is 0 Å². The molecule has 0 saturated heterocycles. The van der Waals surface area contributed by atoms with Gasteiger partial charge in [-0.2, -0.15) is 26.3 Å². The minimum atomic E-state index is -4.83. The Morgan fingerprint density at radius 3 is 2.34 bits per heavy atom. The molecule has 172 valence electrons. The van der Waals surface area contributed by atoms with Crippen molar-refractivity contribution in [1.29, 1.82) is 0 Å². The zero-order valence-corrected chi connectivity index (χ0v) is 16.4. The molecule has 32 heavy (non-hydrogen) atoms. The lowest BCUT2D eigenvalue weighted by molar-refractivity contribution is -0.166. The minimum absolute atomic E-state index is 0.145. The van der Waals surface area contributed by atoms with E-state index in [1.54, 1.807) is 0 Å². The van der Waals surface area contributed by atoms with Gasteiger partial charge in [-0.05, 0) is 35.4 Å². The Morgan fingerprint density at radius 2 is 1.78 bits per heavy atom. The van der Waals surface area contributed by atoms with Gasteiger partial charge in [-0.3, -0.25) is 0 Å². The van der Waals surface area contributed by atoms with Gasteiger partial charge in [-0.15, -0.1) is 0 Å². The first kappa shape index (κ1) is 23.4. The van der Waals surface area contributed by atoms with Gasteiger partial charge in [-0.1, -0.05) is 25.1 Å². The van der Waals surface area contributed by atoms with E-state index in [0.29, 0.717) is 6.07 Å². The molecule has 4 nitrogen and oxygen atoms in total. The van der Waals surface area contributed by atoms with E-state index >= 15 is 0 Å². The number of hydrogen-bond acceptors (Lipinski definition) is 3. The molecule has 0 radical (unpaired) electrons. The number of carbonyl (C=O) groups is 1. The predicted molar refractivity (Wildman–Crippen MR) is 99.1 cm³/mol. The van der Waals surface area contributed by atoms with Crippen molar-refractivity contribution in [2.75, 3.05) is 11.5 Å². The summed E-state index contributed by atoms with van der Waals surface area (Å²) in [7, 11) is 0. The van der Waals surface area contributed by atoms with Crippen molar-refractivity contribution in [1.82, 2.24) is 0 Å². The molecule has 2 aromatic rings. The highest BCUT2D eigenvalue weighted by Crippen LogP contribution is 2.45. The standard InChI is InChI=1S/C21H16F7NO3/c1-11-15-6-5-13(21(26,27)28)8-16(15)29(9-12-3-2-4-14(22)7-12)18(17(11)19(30)31)32-10-20(23,24)25/h2-8,11H,9-10H2,1H3,(H,30,31). The summed E-state index contributed by atoms with van der Waals surface area (Å²) < 4.78 is 97.0. The van der Waals surface area contributed by atoms with Crippen LogP contribution >= 0.6 is 0 Å². The first-order valence-corrected chi connectivity index (χ1v) is 9.18. The second-order valence-electron chi connectivity index (χ2n) is 7.14. The van der Waals surface area contributed by atoms with Gasteiger partial charge >= 0.3 is 18.3 Å². The van der Waals surface area contributed by atoms with Crippen LogP contribution < -0.4 is 4.90 Å². The molecule has 0 saturated carbocycles. The Morgan fingerprint density at radius 1 is 1.09 bits per heavy atom. The number of aliphatic carboxylic acids is 1. The number of hydrogen-bond donors (Lipinski definition) is 1. The molecule has 1 heterocycles. The van der Waals surface area contributed by atoms with Crippen LogP contribution in [0.15, 0.2) is 53.9 Å². The normalized spacial score (nSPS) is 16.8. The summed E-state index contributed by atoms with van der Waals surface area (Å²) in [6.45, 7) is -0.950. The Labute approximate surface area is 177 Å². The molecule has 1 N–H and O–H groups in total. The number of halogens is 7. The molecule has 1 aliphatic heterocycles. The Kier molecular flexibility index (Phi) is 6.12. The monoisotopic (exact) mass is 463 g/mol. The number of rotatable bonds is 5. The zero-order chi connectivity index (χ0) is 23.8. The summed E-state index contributed by atoms with van der Waals surface area (Å²) in [6.07, 6.45) is -9.59. The number of ether oxygens (including phenoxy) is 1. The maximum atomic E-state index is 13.7. The summed E-state index contributed by atoms with van der Waals surface area (Å²) in [5.74, 6) is -4.10. The van der Waals surface area contributed by atoms with E-state index in [-0.39, 0.29) is 16.8 Å². The van der Waals surface area contributed by atoms with Crippen LogP contribution in [-0.2, 0) is 22.3 Å². The molecule has 11 heteroatoms. The van der Waals surface area contributed by atoms with Crippen LogP contribution in [0.3, 0.4) is 0 Å². The Balaban J connectivity index is 2.21. The highest BCUT2D eigenvalue weighted by Gasteiger charge is 2.40. The maximum Gasteiger partial charge on any atom is 0.422 e. The summed E-state index contributed by atoms with van der Waals surface area (Å²) in [5, 5.41) is 9.66. The second kappa shape index (κ2) is 8.36. The molecular formula is C21H16F7NO3. The fourth-order valence-electron chi connectivity index (χ4n) is 3.47. The van der Waals surface area contributed by atoms with E-state index in [2.05, 4.69) is 0 Å². The first-order valence-electron chi connectivity index (χ1n) is 9.18. The lowest BCUT2D eigenvalue weighted by atomic mass is 9.87. The highest BCUT2D eigenvalue weighted by atomic mass is 19.4. The van der Waals surface area contributed by atoms with Gasteiger partial charge in [0, 0.05) is 11.6 Å². The van der Waals surface area contributed by atoms with Gasteiger partial charge in [0.15, 0.2) is 6.61 Å². The molecule has 0 amide bonds. The molecule has 0 spiro atoms. The average molecular weight is 463 g/mol. The summed E-state index contributed by atoms with van der Waals surface area (Å²) in [6, 6.07) is 7.39. The lowest BCUT2D eigenvalue weighted by Gasteiger charge is -2.37. The van der Waals surface area contributed by atoms with Crippen LogP contribution in [-0.4, -0.2) is 23.9 Å². The van der Waals surface area contributed by atoms with Crippen molar-refractivity contribution in [3.63, 3.8) is 0 Å². The van der Waals surface area contributed by atoms with Crippen molar-refractivity contribution >= 4 is 11.7 Å². The number of carboxylic acid groups (broad SMARTS) is 1. The summed E-state index contributed by atoms with van der Waals surface area (Å²) in [5.41, 5.74) is -1.50. The Hall–Kier alpha value is -3.24. The Bertz CT molecular complexity index is 1060. The average Bonchev–Trinajstić information content (AvgIpc) is 2.66. The number of anilines is 1. The van der Waals surface area contributed by atoms with Crippen molar-refractivity contribution in [3.8, 4) is 0 Å². The first-order chi connectivity index (χ1) is 14.8. The van der Waals surface area contributed by atoms with Crippen molar-refractivity contribution in [2.45, 2.75) is 31.7 Å². The topological polar surface area (TPSA) is 49.8 Å². The summed E-state index contributed by atoms with van der Waals surface area (Å²) in [4.78, 5) is 12.8. The number of alkyl halides is 6. The molecule has 1 unspecified atom stereocenters. The maximum absolute atomic E-state index is 13.7. The predicted octanol–water partition coefficient (Wildman–Crippen LogP) is 5.84. The quantitative estimate of drug-likeness (QED) is 0.566. The van der Waals surface area contributed by atoms with E-state index in [1.165, 1.54) is 19.1 Å². The third kappa shape index (κ3) is 4.97. The molecule has 1 atom stereocenters. The van der Waals surface area contributed by atoms with E-state index in [1.807, 2.05) is 0 Å². The van der Waals surface area contributed by atoms with Gasteiger partial charge in [-0.25, -0.2) is 9.18 Å². The minimum Gasteiger partial charge on any atom is -0.478 e. The number of benzene rings is 2. The van der Waals surface area contributed by atoms with E-state index in [9.17, 15) is 40.6 Å². The van der Waals surface area contributed by atoms with Crippen LogP contribution in [0, 0.1) is 5.82 Å². The van der Waals surface area contributed by atoms with Crippen LogP contribution in [0.1, 0.15) is 29.5 Å². The largest absolute Gasteiger partial charge is 0.478 e. The van der Waals surface area contributed by atoms with E-state index in [4.69, 9.17) is 4.74 Å². The van der Waals surface area contributed by atoms with E-state index in [0.717, 1.165) is 29.2 Å². The van der Waals surface area contributed by atoms with Crippen LogP contribution in [0.25, 0.3) is 0 Å². The lowest BCUT2D eigenvalue weighted by Crippen LogP contribution is -2.35. The van der Waals surface area contributed by atoms with Crippen LogP contribution in [0.5, 0.6) is 0 Å². The molecule has 0 aliphatic carbocycles. The number of fused-ring (bicyclic) bond motifs is 1. The molecule has 2 aromatic carbocycles. The van der Waals surface area contributed by atoms with Gasteiger partial charge in [0.05, 0.1) is 12.1 Å². The fourth-order valence-corrected chi connectivity index (χ4v) is 3.47. The smallest absolute Gasteiger partial charge is 0.422 e. The fraction of sp³-hybridized carbons (Fsp3) is 0.286. The molecule has 3 rings (SSSR count). The van der Waals surface area contributed by atoms with Gasteiger partial charge in [0.1, 0.15) is 11.4 Å². The van der Waals surface area contributed by atoms with Crippen molar-refractivity contribution in [3.05, 3.63) is 76.4 Å². The third-order valence-electron chi connectivity index (χ3n) is 4.86. The number of nitrogens with zero attached hydrogens (tertiary/aromatic N) is 1. The molecule has 1 aliphatic rings. The molecule has 0 bridgehead atoms. The highest BCUT2D eigenvalue weighted by molar-refractivity contribution is 5.92. The van der Waals surface area contributed by atoms with E-state index < -0.39 is 60.2 Å². The third-order valence-corrected chi connectivity index (χ3v) is 4.86. The molecule has 0 aromatic heterocycles. The number of carboxylic acids is 1. The molecular weight excluding hydrogens is 447 g/mol. The molecule has 0 fully saturated rings. The van der Waals surface area contributed by atoms with Crippen molar-refractivity contribution < 1.29 is 45.4 Å². The van der Waals surface area contributed by atoms with Gasteiger partial charge in [0.2, 0.25) is 5.88 Å². The van der Waals surface area contributed by atoms with Gasteiger partial charge in [0.25, 0.3) is 0 Å². The SMILES string of the molecule is CC1C(C(=O)O)=C(OCC(F)(F)F)N(Cc2cccc(F)c2)c2cc(C(F)(F)F)ccc21. The van der Waals surface area contributed by atoms with Crippen molar-refractivity contribution in [2.24, 2.45) is 0 Å². The zero-order valence-electron chi connectivity index (χ0n) is 16.4. The summed E-state index contributed by atoms with van der Waals surface area (Å²) >= 11 is 0. The van der Waals surface area contributed by atoms with Crippen LogP contribution in [0.4, 0.5) is 36.4 Å². The van der Waals surface area contributed by atoms with Gasteiger partial charge < -0.3 is 14.7 Å². The second-order valence-corrected chi connectivity index (χ2v) is 7.14.